The fourth-order valence-corrected chi connectivity index (χ4v) is 6.69. The molecule has 4 heterocycles. The van der Waals surface area contributed by atoms with Gasteiger partial charge in [-0.1, -0.05) is 24.3 Å². The second kappa shape index (κ2) is 13.4. The van der Waals surface area contributed by atoms with Crippen LogP contribution in [0, 0.1) is 12.3 Å². The molecule has 3 aromatic heterocycles. The number of rotatable bonds is 12. The van der Waals surface area contributed by atoms with Gasteiger partial charge in [0.2, 0.25) is 11.8 Å². The van der Waals surface area contributed by atoms with E-state index in [9.17, 15) is 14.4 Å². The number of nitrogens with one attached hydrogen (secondary N) is 1. The highest BCUT2D eigenvalue weighted by Crippen LogP contribution is 2.60. The van der Waals surface area contributed by atoms with Crippen LogP contribution >= 0.6 is 15.9 Å². The molecule has 13 heteroatoms. The third kappa shape index (κ3) is 6.60. The average Bonchev–Trinajstić information content (AvgIpc) is 3.46. The number of carbonyl (C=O) groups excluding carboxylic acids is 3. The predicted octanol–water partition coefficient (Wildman–Crippen LogP) is 4.90. The van der Waals surface area contributed by atoms with Crippen molar-refractivity contribution in [2.75, 3.05) is 25.6 Å². The van der Waals surface area contributed by atoms with Gasteiger partial charge < -0.3 is 19.7 Å². The normalized spacial score (nSPS) is 20.1. The van der Waals surface area contributed by atoms with E-state index in [4.69, 9.17) is 9.47 Å². The molecule has 2 fully saturated rings. The van der Waals surface area contributed by atoms with Crippen LogP contribution in [0.15, 0.2) is 59.5 Å². The molecule has 47 heavy (non-hydrogen) atoms. The van der Waals surface area contributed by atoms with Gasteiger partial charge in [-0.2, -0.15) is 5.10 Å². The Morgan fingerprint density at radius 3 is 2.64 bits per heavy atom. The molecule has 1 aromatic carbocycles. The van der Waals surface area contributed by atoms with Crippen LogP contribution in [0.5, 0.6) is 0 Å². The summed E-state index contributed by atoms with van der Waals surface area (Å²) < 4.78 is 13.4. The first-order valence-electron chi connectivity index (χ1n) is 15.4. The van der Waals surface area contributed by atoms with Crippen molar-refractivity contribution in [1.29, 1.82) is 0 Å². The number of nitrogens with zero attached hydrogens (tertiary/aromatic N) is 6. The van der Waals surface area contributed by atoms with Crippen molar-refractivity contribution in [3.63, 3.8) is 0 Å². The van der Waals surface area contributed by atoms with E-state index in [1.807, 2.05) is 50.3 Å². The summed E-state index contributed by atoms with van der Waals surface area (Å²) >= 11 is 3.38. The van der Waals surface area contributed by atoms with Crippen LogP contribution in [-0.2, 0) is 32.2 Å². The van der Waals surface area contributed by atoms with Crippen molar-refractivity contribution >= 4 is 50.2 Å². The molecule has 1 N–H and O–H groups in total. The van der Waals surface area contributed by atoms with Crippen molar-refractivity contribution in [2.24, 2.45) is 5.41 Å². The number of benzene rings is 1. The summed E-state index contributed by atoms with van der Waals surface area (Å²) in [5, 5.41) is 8.16. The van der Waals surface area contributed by atoms with Gasteiger partial charge in [0.15, 0.2) is 5.78 Å². The second-order valence-corrected chi connectivity index (χ2v) is 12.9. The summed E-state index contributed by atoms with van der Waals surface area (Å²) in [6, 6.07) is 8.32. The maximum atomic E-state index is 14.2. The van der Waals surface area contributed by atoms with Gasteiger partial charge in [-0.3, -0.25) is 19.1 Å². The lowest BCUT2D eigenvalue weighted by molar-refractivity contribution is -0.138. The van der Waals surface area contributed by atoms with E-state index >= 15 is 0 Å². The van der Waals surface area contributed by atoms with Crippen LogP contribution in [0.4, 0.5) is 5.82 Å². The van der Waals surface area contributed by atoms with Gasteiger partial charge in [-0.05, 0) is 66.4 Å². The topological polar surface area (TPSA) is 141 Å². The molecule has 2 amide bonds. The third-order valence-electron chi connectivity index (χ3n) is 8.82. The van der Waals surface area contributed by atoms with E-state index < -0.39 is 6.04 Å². The molecule has 4 aromatic rings. The number of hydrogen-bond acceptors (Lipinski definition) is 9. The SMILES string of the molecule is C/C=C/COC[C@@]12C[C@@H](C(=O)Nc3nc(Br)ccc3COC)N(C(=O)Cn3nc(C(C)=O)c4cc(-c5cnc(C)nc5)ccc43)[C@@H]1C2. The van der Waals surface area contributed by atoms with E-state index in [2.05, 4.69) is 41.3 Å². The van der Waals surface area contributed by atoms with Crippen LogP contribution in [0.1, 0.15) is 48.6 Å². The second-order valence-electron chi connectivity index (χ2n) is 12.1. The van der Waals surface area contributed by atoms with Crippen molar-refractivity contribution in [2.45, 2.75) is 58.8 Å². The Hall–Kier alpha value is -4.33. The van der Waals surface area contributed by atoms with E-state index in [1.54, 1.807) is 35.2 Å². The van der Waals surface area contributed by atoms with Crippen LogP contribution < -0.4 is 5.32 Å². The number of aryl methyl sites for hydroxylation is 1. The Morgan fingerprint density at radius 2 is 1.91 bits per heavy atom. The van der Waals surface area contributed by atoms with Crippen molar-refractivity contribution < 1.29 is 23.9 Å². The molecule has 0 radical (unpaired) electrons. The van der Waals surface area contributed by atoms with Gasteiger partial charge >= 0.3 is 0 Å². The van der Waals surface area contributed by atoms with Crippen molar-refractivity contribution in [1.82, 2.24) is 29.6 Å². The molecule has 2 aliphatic rings. The molecule has 1 aliphatic carbocycles. The molecule has 244 valence electrons. The lowest BCUT2D eigenvalue weighted by Crippen LogP contribution is -2.47. The zero-order valence-electron chi connectivity index (χ0n) is 26.7. The Morgan fingerprint density at radius 1 is 1.13 bits per heavy atom. The minimum atomic E-state index is -0.745. The Kier molecular flexibility index (Phi) is 9.31. The van der Waals surface area contributed by atoms with Crippen LogP contribution in [0.25, 0.3) is 22.0 Å². The standard InChI is InChI=1S/C34H36BrN7O5/c1-5-6-11-47-19-34-13-27(33(45)39-32-23(18-46-4)8-10-29(35)38-32)42(28(34)14-34)30(44)17-41-26-9-7-22(24-15-36-21(3)37-16-24)12-25(26)31(40-41)20(2)43/h5-10,12,15-16,27-28H,11,13-14,17-19H2,1-4H3,(H,38,39,45)/b6-5+/t27-,28+,34-/m0/s1. The number of anilines is 1. The number of hydrogen-bond donors (Lipinski definition) is 1. The minimum absolute atomic E-state index is 0.142. The zero-order valence-corrected chi connectivity index (χ0v) is 28.3. The monoisotopic (exact) mass is 701 g/mol. The highest BCUT2D eigenvalue weighted by Gasteiger charge is 2.67. The molecular formula is C34H36BrN7O5. The number of Topliss-reactive ketones (excluding diaryl/α,β-unsaturated/α-hetero) is 1. The maximum absolute atomic E-state index is 14.2. The Bertz CT molecular complexity index is 1870. The fraction of sp³-hybridized carbons (Fsp3) is 0.382. The number of aromatic nitrogens is 5. The minimum Gasteiger partial charge on any atom is -0.380 e. The van der Waals surface area contributed by atoms with E-state index in [-0.39, 0.29) is 47.9 Å². The molecule has 1 saturated heterocycles. The molecular weight excluding hydrogens is 666 g/mol. The molecule has 0 unspecified atom stereocenters. The van der Waals surface area contributed by atoms with Gasteiger partial charge in [-0.25, -0.2) is 15.0 Å². The molecule has 0 bridgehead atoms. The largest absolute Gasteiger partial charge is 0.380 e. The number of ether oxygens (including phenoxy) is 2. The van der Waals surface area contributed by atoms with Gasteiger partial charge in [0.1, 0.15) is 34.5 Å². The summed E-state index contributed by atoms with van der Waals surface area (Å²) in [4.78, 5) is 55.5. The number of allylic oxidation sites excluding steroid dienone is 1. The Balaban J connectivity index is 1.29. The van der Waals surface area contributed by atoms with Gasteiger partial charge in [-0.15, -0.1) is 0 Å². The van der Waals surface area contributed by atoms with E-state index in [1.165, 1.54) is 6.92 Å². The zero-order chi connectivity index (χ0) is 33.3. The highest BCUT2D eigenvalue weighted by molar-refractivity contribution is 9.10. The molecule has 1 aliphatic heterocycles. The summed E-state index contributed by atoms with van der Waals surface area (Å²) in [5.74, 6) is 0.215. The summed E-state index contributed by atoms with van der Waals surface area (Å²) in [6.45, 7) is 6.21. The smallest absolute Gasteiger partial charge is 0.248 e. The van der Waals surface area contributed by atoms with E-state index in [0.717, 1.165) is 17.5 Å². The molecule has 12 nitrogen and oxygen atoms in total. The van der Waals surface area contributed by atoms with Crippen LogP contribution in [0.2, 0.25) is 0 Å². The summed E-state index contributed by atoms with van der Waals surface area (Å²) in [7, 11) is 1.57. The van der Waals surface area contributed by atoms with E-state index in [0.29, 0.717) is 52.3 Å². The number of likely N-dealkylation sites (tertiary alicyclic amines) is 1. The lowest BCUT2D eigenvalue weighted by Gasteiger charge is -2.27. The number of halogens is 1. The number of fused-ring (bicyclic) bond motifs is 2. The number of piperidine rings is 1. The number of methoxy groups -OCH3 is 1. The van der Waals surface area contributed by atoms with Crippen molar-refractivity contribution in [3.8, 4) is 11.1 Å². The maximum Gasteiger partial charge on any atom is 0.248 e. The quantitative estimate of drug-likeness (QED) is 0.0945. The third-order valence-corrected chi connectivity index (χ3v) is 9.26. The molecule has 1 saturated carbocycles. The predicted molar refractivity (Wildman–Crippen MR) is 179 cm³/mol. The first-order valence-corrected chi connectivity index (χ1v) is 16.2. The Labute approximate surface area is 280 Å². The first kappa shape index (κ1) is 32.6. The van der Waals surface area contributed by atoms with Gasteiger partial charge in [0.25, 0.3) is 0 Å². The number of pyridine rings is 1. The van der Waals surface area contributed by atoms with Gasteiger partial charge in [0.05, 0.1) is 25.3 Å². The highest BCUT2D eigenvalue weighted by atomic mass is 79.9. The van der Waals surface area contributed by atoms with Crippen molar-refractivity contribution in [3.05, 3.63) is 76.6 Å². The lowest BCUT2D eigenvalue weighted by atomic mass is 10.00. The first-order chi connectivity index (χ1) is 22.6. The van der Waals surface area contributed by atoms with Crippen LogP contribution in [0.3, 0.4) is 0 Å². The molecule has 0 spiro atoms. The number of carbonyl (C=O) groups is 3. The van der Waals surface area contributed by atoms with Gasteiger partial charge in [0, 0.05) is 54.4 Å². The number of amides is 2. The average molecular weight is 703 g/mol. The number of ketones is 1. The summed E-state index contributed by atoms with van der Waals surface area (Å²) in [5.41, 5.74) is 2.93. The fourth-order valence-electron chi connectivity index (χ4n) is 6.38. The van der Waals surface area contributed by atoms with Crippen LogP contribution in [-0.4, -0.2) is 79.6 Å². The molecule has 6 rings (SSSR count). The molecule has 3 atom stereocenters. The summed E-state index contributed by atoms with van der Waals surface area (Å²) in [6.07, 6.45) is 8.51.